The van der Waals surface area contributed by atoms with Gasteiger partial charge in [0.2, 0.25) is 0 Å². The minimum Gasteiger partial charge on any atom is -0.310 e. The van der Waals surface area contributed by atoms with Crippen LogP contribution < -0.4 is 5.32 Å². The monoisotopic (exact) mass is 265 g/mol. The lowest BCUT2D eigenvalue weighted by Gasteiger charge is -2.35. The van der Waals surface area contributed by atoms with Gasteiger partial charge in [0, 0.05) is 22.3 Å². The maximum absolute atomic E-state index is 3.77. The number of nitrogens with one attached hydrogen (secondary N) is 1. The smallest absolute Gasteiger partial charge is 0.0303 e. The lowest BCUT2D eigenvalue weighted by atomic mass is 9.75. The molecule has 0 saturated heterocycles. The van der Waals surface area contributed by atoms with Gasteiger partial charge in [-0.2, -0.15) is 0 Å². The Labute approximate surface area is 116 Å². The van der Waals surface area contributed by atoms with Gasteiger partial charge < -0.3 is 5.32 Å². The number of hydrogen-bond donors (Lipinski definition) is 1. The van der Waals surface area contributed by atoms with E-state index in [4.69, 9.17) is 0 Å². The molecule has 1 saturated carbocycles. The largest absolute Gasteiger partial charge is 0.310 e. The van der Waals surface area contributed by atoms with Crippen molar-refractivity contribution in [1.82, 2.24) is 5.32 Å². The molecule has 0 bridgehead atoms. The topological polar surface area (TPSA) is 12.0 Å². The maximum atomic E-state index is 3.77. The van der Waals surface area contributed by atoms with Crippen LogP contribution in [0.25, 0.3) is 0 Å². The summed E-state index contributed by atoms with van der Waals surface area (Å²) in [5, 5.41) is 3.77. The predicted octanol–water partition coefficient (Wildman–Crippen LogP) is 4.99. The van der Waals surface area contributed by atoms with E-state index in [0.29, 0.717) is 11.5 Å². The van der Waals surface area contributed by atoms with Crippen molar-refractivity contribution in [2.24, 2.45) is 5.41 Å². The summed E-state index contributed by atoms with van der Waals surface area (Å²) in [6, 6.07) is 2.84. The van der Waals surface area contributed by atoms with Crippen LogP contribution in [0, 0.1) is 19.3 Å². The van der Waals surface area contributed by atoms with Crippen LogP contribution in [-0.4, -0.2) is 6.54 Å². The first kappa shape index (κ1) is 14.1. The van der Waals surface area contributed by atoms with Gasteiger partial charge in [0.1, 0.15) is 0 Å². The van der Waals surface area contributed by atoms with Crippen LogP contribution in [0.2, 0.25) is 0 Å². The van der Waals surface area contributed by atoms with Gasteiger partial charge in [0.05, 0.1) is 0 Å². The van der Waals surface area contributed by atoms with Gasteiger partial charge in [-0.15, -0.1) is 11.3 Å². The second kappa shape index (κ2) is 5.75. The van der Waals surface area contributed by atoms with Gasteiger partial charge in [0.15, 0.2) is 0 Å². The average Bonchev–Trinajstić information content (AvgIpc) is 2.67. The van der Waals surface area contributed by atoms with Gasteiger partial charge in [-0.05, 0) is 50.7 Å². The lowest BCUT2D eigenvalue weighted by molar-refractivity contribution is 0.202. The SMILES string of the molecule is Cc1cc(C(C)NCC2(C)CCCCC2)c(C)s1. The summed E-state index contributed by atoms with van der Waals surface area (Å²) in [5.74, 6) is 0. The Kier molecular flexibility index (Phi) is 4.50. The minimum absolute atomic E-state index is 0.494. The van der Waals surface area contributed by atoms with E-state index in [2.05, 4.69) is 39.1 Å². The van der Waals surface area contributed by atoms with Gasteiger partial charge in [-0.1, -0.05) is 26.2 Å². The summed E-state index contributed by atoms with van der Waals surface area (Å²) in [6.45, 7) is 10.4. The van der Waals surface area contributed by atoms with Gasteiger partial charge in [-0.3, -0.25) is 0 Å². The van der Waals surface area contributed by atoms with Gasteiger partial charge in [-0.25, -0.2) is 0 Å². The fraction of sp³-hybridized carbons (Fsp3) is 0.750. The minimum atomic E-state index is 0.494. The molecule has 1 aliphatic rings. The van der Waals surface area contributed by atoms with Crippen molar-refractivity contribution >= 4 is 11.3 Å². The Hall–Kier alpha value is -0.340. The number of hydrogen-bond acceptors (Lipinski definition) is 2. The molecule has 1 aliphatic carbocycles. The Morgan fingerprint density at radius 2 is 1.94 bits per heavy atom. The third-order valence-electron chi connectivity index (χ3n) is 4.44. The quantitative estimate of drug-likeness (QED) is 0.809. The molecule has 0 radical (unpaired) electrons. The van der Waals surface area contributed by atoms with Crippen molar-refractivity contribution in [3.05, 3.63) is 21.4 Å². The van der Waals surface area contributed by atoms with E-state index in [1.54, 1.807) is 0 Å². The molecule has 0 amide bonds. The fourth-order valence-electron chi connectivity index (χ4n) is 3.17. The molecule has 1 aromatic heterocycles. The van der Waals surface area contributed by atoms with Crippen LogP contribution in [0.15, 0.2) is 6.07 Å². The van der Waals surface area contributed by atoms with E-state index < -0.39 is 0 Å². The molecule has 102 valence electrons. The predicted molar refractivity (Wildman–Crippen MR) is 81.4 cm³/mol. The summed E-state index contributed by atoms with van der Waals surface area (Å²) >= 11 is 1.92. The molecule has 1 N–H and O–H groups in total. The highest BCUT2D eigenvalue weighted by atomic mass is 32.1. The van der Waals surface area contributed by atoms with Crippen LogP contribution in [-0.2, 0) is 0 Å². The van der Waals surface area contributed by atoms with Gasteiger partial charge >= 0.3 is 0 Å². The van der Waals surface area contributed by atoms with Crippen LogP contribution in [0.5, 0.6) is 0 Å². The second-order valence-electron chi connectivity index (χ2n) is 6.34. The Morgan fingerprint density at radius 1 is 1.28 bits per heavy atom. The van der Waals surface area contributed by atoms with E-state index in [1.165, 1.54) is 54.0 Å². The first-order chi connectivity index (χ1) is 8.50. The molecule has 18 heavy (non-hydrogen) atoms. The Morgan fingerprint density at radius 3 is 2.50 bits per heavy atom. The van der Waals surface area contributed by atoms with E-state index in [1.807, 2.05) is 11.3 Å². The molecule has 0 spiro atoms. The molecule has 1 atom stereocenters. The summed E-state index contributed by atoms with van der Waals surface area (Å²) in [4.78, 5) is 2.90. The zero-order valence-corrected chi connectivity index (χ0v) is 13.1. The van der Waals surface area contributed by atoms with Gasteiger partial charge in [0.25, 0.3) is 0 Å². The lowest BCUT2D eigenvalue weighted by Crippen LogP contribution is -2.35. The van der Waals surface area contributed by atoms with E-state index in [-0.39, 0.29) is 0 Å². The van der Waals surface area contributed by atoms with Crippen molar-refractivity contribution in [3.8, 4) is 0 Å². The molecule has 1 nitrogen and oxygen atoms in total. The summed E-state index contributed by atoms with van der Waals surface area (Å²) < 4.78 is 0. The highest BCUT2D eigenvalue weighted by Crippen LogP contribution is 2.36. The van der Waals surface area contributed by atoms with E-state index in [9.17, 15) is 0 Å². The normalized spacial score (nSPS) is 20.9. The molecule has 2 rings (SSSR count). The van der Waals surface area contributed by atoms with E-state index in [0.717, 1.165) is 0 Å². The van der Waals surface area contributed by atoms with E-state index >= 15 is 0 Å². The summed E-state index contributed by atoms with van der Waals surface area (Å²) in [6.07, 6.45) is 7.07. The molecule has 1 unspecified atom stereocenters. The fourth-order valence-corrected chi connectivity index (χ4v) is 4.19. The molecule has 1 fully saturated rings. The Balaban J connectivity index is 1.91. The molecular weight excluding hydrogens is 238 g/mol. The molecule has 2 heteroatoms. The summed E-state index contributed by atoms with van der Waals surface area (Å²) in [7, 11) is 0. The third-order valence-corrected chi connectivity index (χ3v) is 5.42. The first-order valence-corrected chi connectivity index (χ1v) is 8.12. The standard InChI is InChI=1S/C16H27NS/c1-12-10-15(14(3)18-12)13(2)17-11-16(4)8-6-5-7-9-16/h10,13,17H,5-9,11H2,1-4H3. The zero-order valence-electron chi connectivity index (χ0n) is 12.3. The molecule has 1 heterocycles. The van der Waals surface area contributed by atoms with Crippen molar-refractivity contribution < 1.29 is 0 Å². The maximum Gasteiger partial charge on any atom is 0.0303 e. The highest BCUT2D eigenvalue weighted by Gasteiger charge is 2.27. The molecule has 0 aliphatic heterocycles. The van der Waals surface area contributed by atoms with Crippen LogP contribution in [0.3, 0.4) is 0 Å². The van der Waals surface area contributed by atoms with Crippen LogP contribution in [0.1, 0.15) is 67.3 Å². The first-order valence-electron chi connectivity index (χ1n) is 7.30. The van der Waals surface area contributed by atoms with Crippen molar-refractivity contribution in [2.45, 2.75) is 65.8 Å². The zero-order chi connectivity index (χ0) is 13.2. The van der Waals surface area contributed by atoms with Crippen LogP contribution >= 0.6 is 11.3 Å². The number of aryl methyl sites for hydroxylation is 2. The molecule has 1 aromatic rings. The Bertz CT molecular complexity index is 388. The number of thiophene rings is 1. The van der Waals surface area contributed by atoms with Crippen molar-refractivity contribution in [3.63, 3.8) is 0 Å². The van der Waals surface area contributed by atoms with Crippen molar-refractivity contribution in [1.29, 1.82) is 0 Å². The third kappa shape index (κ3) is 3.36. The number of rotatable bonds is 4. The average molecular weight is 265 g/mol. The van der Waals surface area contributed by atoms with Crippen molar-refractivity contribution in [2.75, 3.05) is 6.54 Å². The summed E-state index contributed by atoms with van der Waals surface area (Å²) in [5.41, 5.74) is 2.03. The molecule has 0 aromatic carbocycles. The highest BCUT2D eigenvalue weighted by molar-refractivity contribution is 7.12. The van der Waals surface area contributed by atoms with Crippen LogP contribution in [0.4, 0.5) is 0 Å². The molecular formula is C16H27NS. The second-order valence-corrected chi connectivity index (χ2v) is 7.80.